The van der Waals surface area contributed by atoms with Crippen LogP contribution in [0.15, 0.2) is 36.4 Å². The summed E-state index contributed by atoms with van der Waals surface area (Å²) >= 11 is 0. The normalized spacial score (nSPS) is 13.9. The Balaban J connectivity index is 1.58. The molecule has 0 unspecified atom stereocenters. The molecular weight excluding hydrogens is 318 g/mol. The summed E-state index contributed by atoms with van der Waals surface area (Å²) in [5, 5.41) is 2.95. The van der Waals surface area contributed by atoms with Gasteiger partial charge in [0.1, 0.15) is 19.0 Å². The third kappa shape index (κ3) is 4.05. The highest BCUT2D eigenvalue weighted by atomic mass is 16.6. The summed E-state index contributed by atoms with van der Waals surface area (Å²) in [6.45, 7) is 7.03. The molecule has 1 aliphatic heterocycles. The van der Waals surface area contributed by atoms with Gasteiger partial charge in [-0.1, -0.05) is 18.2 Å². The average molecular weight is 341 g/mol. The van der Waals surface area contributed by atoms with Gasteiger partial charge in [0.25, 0.3) is 5.91 Å². The lowest BCUT2D eigenvalue weighted by Gasteiger charge is -2.21. The molecule has 1 N–H and O–H groups in total. The first kappa shape index (κ1) is 17.1. The van der Waals surface area contributed by atoms with Gasteiger partial charge < -0.3 is 19.5 Å². The first-order chi connectivity index (χ1) is 12.0. The van der Waals surface area contributed by atoms with Crippen molar-refractivity contribution in [2.45, 2.75) is 26.8 Å². The smallest absolute Gasteiger partial charge is 0.258 e. The highest BCUT2D eigenvalue weighted by molar-refractivity contribution is 5.78. The van der Waals surface area contributed by atoms with Gasteiger partial charge in [-0.2, -0.15) is 0 Å². The molecule has 0 spiro atoms. The molecule has 132 valence electrons. The number of hydrogen-bond acceptors (Lipinski definition) is 4. The third-order valence-electron chi connectivity index (χ3n) is 4.36. The number of fused-ring (bicyclic) bond motifs is 1. The number of benzene rings is 2. The van der Waals surface area contributed by atoms with Crippen molar-refractivity contribution < 1.29 is 19.0 Å². The zero-order chi connectivity index (χ0) is 17.8. The number of nitrogens with one attached hydrogen (secondary N) is 1. The number of hydrogen-bond donors (Lipinski definition) is 1. The molecule has 1 heterocycles. The molecule has 0 bridgehead atoms. The molecule has 5 heteroatoms. The Hall–Kier alpha value is -2.69. The minimum Gasteiger partial charge on any atom is -0.486 e. The molecule has 0 fully saturated rings. The molecule has 0 aliphatic carbocycles. The van der Waals surface area contributed by atoms with Crippen molar-refractivity contribution in [1.82, 2.24) is 5.32 Å². The van der Waals surface area contributed by atoms with Gasteiger partial charge >= 0.3 is 0 Å². The lowest BCUT2D eigenvalue weighted by atomic mass is 10.1. The van der Waals surface area contributed by atoms with E-state index >= 15 is 0 Å². The van der Waals surface area contributed by atoms with Crippen LogP contribution in [0, 0.1) is 13.8 Å². The van der Waals surface area contributed by atoms with E-state index in [4.69, 9.17) is 14.2 Å². The minimum atomic E-state index is -0.164. The molecule has 0 aromatic heterocycles. The third-order valence-corrected chi connectivity index (χ3v) is 4.36. The Morgan fingerprint density at radius 3 is 2.72 bits per heavy atom. The van der Waals surface area contributed by atoms with Crippen LogP contribution in [0.5, 0.6) is 17.2 Å². The van der Waals surface area contributed by atoms with Crippen molar-refractivity contribution in [1.29, 1.82) is 0 Å². The summed E-state index contributed by atoms with van der Waals surface area (Å²) in [4.78, 5) is 12.2. The van der Waals surface area contributed by atoms with Gasteiger partial charge in [0, 0.05) is 0 Å². The first-order valence-corrected chi connectivity index (χ1v) is 8.42. The Kier molecular flexibility index (Phi) is 5.12. The molecule has 25 heavy (non-hydrogen) atoms. The highest BCUT2D eigenvalue weighted by Crippen LogP contribution is 2.32. The Labute approximate surface area is 147 Å². The van der Waals surface area contributed by atoms with Gasteiger partial charge in [-0.15, -0.1) is 0 Å². The standard InChI is InChI=1S/C20H23NO4/c1-13-5-4-6-17(14(13)2)25-12-20(22)21-15(3)16-7-8-18-19(11-16)24-10-9-23-18/h4-8,11,15H,9-10,12H2,1-3H3,(H,21,22)/t15-/m1/s1. The Morgan fingerprint density at radius 2 is 1.92 bits per heavy atom. The molecule has 0 saturated carbocycles. The fourth-order valence-electron chi connectivity index (χ4n) is 2.72. The number of carbonyl (C=O) groups excluding carboxylic acids is 1. The molecule has 2 aromatic carbocycles. The maximum absolute atomic E-state index is 12.2. The largest absolute Gasteiger partial charge is 0.486 e. The monoisotopic (exact) mass is 341 g/mol. The summed E-state index contributed by atoms with van der Waals surface area (Å²) in [5.41, 5.74) is 3.15. The van der Waals surface area contributed by atoms with Crippen LogP contribution >= 0.6 is 0 Å². The molecule has 1 amide bonds. The van der Waals surface area contributed by atoms with Crippen molar-refractivity contribution in [2.75, 3.05) is 19.8 Å². The maximum atomic E-state index is 12.2. The molecule has 0 radical (unpaired) electrons. The lowest BCUT2D eigenvalue weighted by Crippen LogP contribution is -2.31. The lowest BCUT2D eigenvalue weighted by molar-refractivity contribution is -0.123. The summed E-state index contributed by atoms with van der Waals surface area (Å²) in [5.74, 6) is 2.04. The van der Waals surface area contributed by atoms with Crippen molar-refractivity contribution in [3.8, 4) is 17.2 Å². The topological polar surface area (TPSA) is 56.8 Å². The van der Waals surface area contributed by atoms with Crippen molar-refractivity contribution in [2.24, 2.45) is 0 Å². The summed E-state index contributed by atoms with van der Waals surface area (Å²) in [6, 6.07) is 11.4. The summed E-state index contributed by atoms with van der Waals surface area (Å²) in [6.07, 6.45) is 0. The number of rotatable bonds is 5. The van der Waals surface area contributed by atoms with Gasteiger partial charge in [0.15, 0.2) is 18.1 Å². The predicted molar refractivity (Wildman–Crippen MR) is 95.4 cm³/mol. The van der Waals surface area contributed by atoms with Crippen LogP contribution in [-0.4, -0.2) is 25.7 Å². The minimum absolute atomic E-state index is 0.0147. The van der Waals surface area contributed by atoms with Crippen LogP contribution in [-0.2, 0) is 4.79 Å². The van der Waals surface area contributed by atoms with E-state index < -0.39 is 0 Å². The van der Waals surface area contributed by atoms with Crippen LogP contribution in [0.4, 0.5) is 0 Å². The predicted octanol–water partition coefficient (Wildman–Crippen LogP) is 3.33. The Morgan fingerprint density at radius 1 is 1.16 bits per heavy atom. The van der Waals surface area contributed by atoms with E-state index in [0.717, 1.165) is 33.9 Å². The van der Waals surface area contributed by atoms with E-state index in [2.05, 4.69) is 5.32 Å². The second kappa shape index (κ2) is 7.47. The van der Waals surface area contributed by atoms with E-state index in [9.17, 15) is 4.79 Å². The van der Waals surface area contributed by atoms with Gasteiger partial charge in [-0.25, -0.2) is 0 Å². The fourth-order valence-corrected chi connectivity index (χ4v) is 2.72. The molecule has 0 saturated heterocycles. The SMILES string of the molecule is Cc1cccc(OCC(=O)N[C@H](C)c2ccc3c(c2)OCCO3)c1C. The van der Waals surface area contributed by atoms with E-state index in [1.54, 1.807) is 0 Å². The number of carbonyl (C=O) groups is 1. The van der Waals surface area contributed by atoms with E-state index in [1.807, 2.05) is 57.2 Å². The zero-order valence-corrected chi connectivity index (χ0v) is 14.8. The maximum Gasteiger partial charge on any atom is 0.258 e. The summed E-state index contributed by atoms with van der Waals surface area (Å²) in [7, 11) is 0. The van der Waals surface area contributed by atoms with Crippen LogP contribution in [0.1, 0.15) is 29.7 Å². The van der Waals surface area contributed by atoms with Gasteiger partial charge in [-0.3, -0.25) is 4.79 Å². The second-order valence-corrected chi connectivity index (χ2v) is 6.18. The quantitative estimate of drug-likeness (QED) is 0.906. The number of aryl methyl sites for hydroxylation is 1. The van der Waals surface area contributed by atoms with Crippen LogP contribution in [0.3, 0.4) is 0 Å². The van der Waals surface area contributed by atoms with Crippen molar-refractivity contribution in [3.05, 3.63) is 53.1 Å². The van der Waals surface area contributed by atoms with Crippen LogP contribution < -0.4 is 19.5 Å². The molecule has 1 aliphatic rings. The highest BCUT2D eigenvalue weighted by Gasteiger charge is 2.16. The second-order valence-electron chi connectivity index (χ2n) is 6.18. The fraction of sp³-hybridized carbons (Fsp3) is 0.350. The Bertz CT molecular complexity index is 772. The molecule has 1 atom stereocenters. The van der Waals surface area contributed by atoms with Gasteiger partial charge in [-0.05, 0) is 55.7 Å². The van der Waals surface area contributed by atoms with Crippen LogP contribution in [0.25, 0.3) is 0 Å². The van der Waals surface area contributed by atoms with Crippen LogP contribution in [0.2, 0.25) is 0 Å². The van der Waals surface area contributed by atoms with Gasteiger partial charge in [0.2, 0.25) is 0 Å². The average Bonchev–Trinajstić information content (AvgIpc) is 2.62. The summed E-state index contributed by atoms with van der Waals surface area (Å²) < 4.78 is 16.8. The molecule has 3 rings (SSSR count). The molecular formula is C20H23NO4. The number of amides is 1. The zero-order valence-electron chi connectivity index (χ0n) is 14.8. The molecule has 2 aromatic rings. The number of ether oxygens (including phenoxy) is 3. The first-order valence-electron chi connectivity index (χ1n) is 8.42. The van der Waals surface area contributed by atoms with E-state index in [1.165, 1.54) is 0 Å². The molecule has 5 nitrogen and oxygen atoms in total. The van der Waals surface area contributed by atoms with E-state index in [0.29, 0.717) is 13.2 Å². The van der Waals surface area contributed by atoms with Crippen molar-refractivity contribution >= 4 is 5.91 Å². The van der Waals surface area contributed by atoms with E-state index in [-0.39, 0.29) is 18.6 Å². The van der Waals surface area contributed by atoms with Crippen molar-refractivity contribution in [3.63, 3.8) is 0 Å². The van der Waals surface area contributed by atoms with Gasteiger partial charge in [0.05, 0.1) is 6.04 Å².